The molecule has 0 radical (unpaired) electrons. The van der Waals surface area contributed by atoms with Crippen molar-refractivity contribution in [3.8, 4) is 11.5 Å². The van der Waals surface area contributed by atoms with E-state index in [-0.39, 0.29) is 18.6 Å². The van der Waals surface area contributed by atoms with Crippen molar-refractivity contribution in [2.45, 2.75) is 38.6 Å². The van der Waals surface area contributed by atoms with Crippen molar-refractivity contribution in [1.29, 1.82) is 0 Å². The number of para-hydroxylation sites is 2. The summed E-state index contributed by atoms with van der Waals surface area (Å²) in [7, 11) is 0. The zero-order valence-corrected chi connectivity index (χ0v) is 15.9. The third-order valence-corrected chi connectivity index (χ3v) is 4.97. The summed E-state index contributed by atoms with van der Waals surface area (Å²) in [6.07, 6.45) is 4.03. The van der Waals surface area contributed by atoms with Gasteiger partial charge in [-0.2, -0.15) is 0 Å². The van der Waals surface area contributed by atoms with Crippen LogP contribution in [0.15, 0.2) is 48.5 Å². The number of likely N-dealkylation sites (tertiary alicyclic amines) is 1. The van der Waals surface area contributed by atoms with Gasteiger partial charge in [-0.3, -0.25) is 9.69 Å². The minimum absolute atomic E-state index is 0.0557. The number of ether oxygens (including phenoxy) is 1. The van der Waals surface area contributed by atoms with E-state index in [4.69, 9.17) is 4.74 Å². The Kier molecular flexibility index (Phi) is 6.85. The maximum atomic E-state index is 12.6. The predicted octanol–water partition coefficient (Wildman–Crippen LogP) is 3.96. The highest BCUT2D eigenvalue weighted by Crippen LogP contribution is 2.29. The lowest BCUT2D eigenvalue weighted by Crippen LogP contribution is -2.44. The molecule has 5 nitrogen and oxygen atoms in total. The van der Waals surface area contributed by atoms with Crippen molar-refractivity contribution >= 4 is 11.6 Å². The summed E-state index contributed by atoms with van der Waals surface area (Å²) in [5.74, 6) is 1.31. The highest BCUT2D eigenvalue weighted by atomic mass is 16.5. The molecule has 0 saturated carbocycles. The lowest BCUT2D eigenvalue weighted by atomic mass is 9.99. The highest BCUT2D eigenvalue weighted by molar-refractivity contribution is 5.93. The van der Waals surface area contributed by atoms with Crippen molar-refractivity contribution in [2.24, 2.45) is 0 Å². The zero-order valence-electron chi connectivity index (χ0n) is 15.9. The van der Waals surface area contributed by atoms with Crippen LogP contribution in [0, 0.1) is 6.92 Å². The summed E-state index contributed by atoms with van der Waals surface area (Å²) in [6.45, 7) is 3.43. The number of benzene rings is 2. The predicted molar refractivity (Wildman–Crippen MR) is 107 cm³/mol. The van der Waals surface area contributed by atoms with Crippen molar-refractivity contribution in [3.05, 3.63) is 54.1 Å². The number of hydrogen-bond donors (Lipinski definition) is 2. The Balaban J connectivity index is 1.64. The number of nitrogens with zero attached hydrogens (tertiary/aromatic N) is 1. The minimum Gasteiger partial charge on any atom is -0.455 e. The van der Waals surface area contributed by atoms with Gasteiger partial charge in [0, 0.05) is 12.6 Å². The van der Waals surface area contributed by atoms with Gasteiger partial charge in [0.2, 0.25) is 5.91 Å². The maximum Gasteiger partial charge on any atom is 0.238 e. The molecule has 2 N–H and O–H groups in total. The van der Waals surface area contributed by atoms with Crippen molar-refractivity contribution in [3.63, 3.8) is 0 Å². The van der Waals surface area contributed by atoms with Crippen LogP contribution in [-0.4, -0.2) is 41.7 Å². The molecule has 5 heteroatoms. The smallest absolute Gasteiger partial charge is 0.238 e. The van der Waals surface area contributed by atoms with Crippen LogP contribution in [0.1, 0.15) is 31.2 Å². The zero-order chi connectivity index (χ0) is 19.1. The van der Waals surface area contributed by atoms with Gasteiger partial charge in [0.1, 0.15) is 5.75 Å². The Bertz CT molecular complexity index is 743. The molecular formula is C22H28N2O3. The molecule has 0 spiro atoms. The van der Waals surface area contributed by atoms with Gasteiger partial charge in [0.25, 0.3) is 0 Å². The van der Waals surface area contributed by atoms with E-state index in [1.54, 1.807) is 0 Å². The first-order valence-corrected chi connectivity index (χ1v) is 9.64. The van der Waals surface area contributed by atoms with Crippen LogP contribution < -0.4 is 10.1 Å². The third-order valence-electron chi connectivity index (χ3n) is 4.97. The fourth-order valence-corrected chi connectivity index (χ4v) is 3.51. The molecule has 1 fully saturated rings. The molecule has 0 bridgehead atoms. The standard InChI is InChI=1S/C22H28N2O3/c1-17-9-11-19(12-10-17)27-21-8-3-2-7-20(21)23-22(26)16-24-14-5-4-6-18(24)13-15-25/h2-3,7-12,18,25H,4-6,13-16H2,1H3,(H,23,26). The molecule has 1 amide bonds. The number of nitrogens with one attached hydrogen (secondary N) is 1. The highest BCUT2D eigenvalue weighted by Gasteiger charge is 2.24. The monoisotopic (exact) mass is 368 g/mol. The summed E-state index contributed by atoms with van der Waals surface area (Å²) < 4.78 is 5.95. The van der Waals surface area contributed by atoms with Crippen LogP contribution in [0.5, 0.6) is 11.5 Å². The molecule has 0 aliphatic carbocycles. The molecule has 3 rings (SSSR count). The number of carbonyl (C=O) groups is 1. The number of anilines is 1. The topological polar surface area (TPSA) is 61.8 Å². The molecule has 1 aliphatic rings. The van der Waals surface area contributed by atoms with Crippen LogP contribution in [0.3, 0.4) is 0 Å². The molecule has 144 valence electrons. The van der Waals surface area contributed by atoms with Gasteiger partial charge in [-0.05, 0) is 57.0 Å². The van der Waals surface area contributed by atoms with Gasteiger partial charge < -0.3 is 15.2 Å². The molecule has 1 atom stereocenters. The second kappa shape index (κ2) is 9.53. The number of rotatable bonds is 7. The largest absolute Gasteiger partial charge is 0.455 e. The number of aliphatic hydroxyl groups is 1. The fraction of sp³-hybridized carbons (Fsp3) is 0.409. The van der Waals surface area contributed by atoms with E-state index in [0.717, 1.165) is 38.0 Å². The fourth-order valence-electron chi connectivity index (χ4n) is 3.51. The SMILES string of the molecule is Cc1ccc(Oc2ccccc2NC(=O)CN2CCCCC2CCO)cc1. The minimum atomic E-state index is -0.0557. The molecular weight excluding hydrogens is 340 g/mol. The maximum absolute atomic E-state index is 12.6. The number of amides is 1. The van der Waals surface area contributed by atoms with Crippen LogP contribution in [-0.2, 0) is 4.79 Å². The molecule has 0 aromatic heterocycles. The Morgan fingerprint density at radius 2 is 1.96 bits per heavy atom. The second-order valence-electron chi connectivity index (χ2n) is 7.09. The first-order chi connectivity index (χ1) is 13.2. The molecule has 1 saturated heterocycles. The van der Waals surface area contributed by atoms with Crippen molar-refractivity contribution < 1.29 is 14.6 Å². The first kappa shape index (κ1) is 19.4. The lowest BCUT2D eigenvalue weighted by Gasteiger charge is -2.34. The van der Waals surface area contributed by atoms with Gasteiger partial charge >= 0.3 is 0 Å². The number of hydrogen-bond acceptors (Lipinski definition) is 4. The average molecular weight is 368 g/mol. The average Bonchev–Trinajstić information content (AvgIpc) is 2.67. The van der Waals surface area contributed by atoms with Gasteiger partial charge in [0.15, 0.2) is 5.75 Å². The van der Waals surface area contributed by atoms with E-state index < -0.39 is 0 Å². The molecule has 1 heterocycles. The van der Waals surface area contributed by atoms with Crippen LogP contribution in [0.4, 0.5) is 5.69 Å². The molecule has 2 aromatic rings. The van der Waals surface area contributed by atoms with Gasteiger partial charge in [-0.15, -0.1) is 0 Å². The molecule has 27 heavy (non-hydrogen) atoms. The summed E-state index contributed by atoms with van der Waals surface area (Å²) in [6, 6.07) is 15.6. The van der Waals surface area contributed by atoms with Gasteiger partial charge in [-0.25, -0.2) is 0 Å². The number of carbonyl (C=O) groups excluding carboxylic acids is 1. The van der Waals surface area contributed by atoms with Crippen molar-refractivity contribution in [1.82, 2.24) is 4.90 Å². The summed E-state index contributed by atoms with van der Waals surface area (Å²) in [5.41, 5.74) is 1.83. The number of aryl methyl sites for hydroxylation is 1. The van der Waals surface area contributed by atoms with E-state index in [2.05, 4.69) is 10.2 Å². The molecule has 1 unspecified atom stereocenters. The van der Waals surface area contributed by atoms with Crippen LogP contribution >= 0.6 is 0 Å². The van der Waals surface area contributed by atoms with E-state index in [9.17, 15) is 9.90 Å². The Hall–Kier alpha value is -2.37. The van der Waals surface area contributed by atoms with E-state index in [1.165, 1.54) is 5.56 Å². The Morgan fingerprint density at radius 3 is 2.74 bits per heavy atom. The van der Waals surface area contributed by atoms with Gasteiger partial charge in [-0.1, -0.05) is 36.2 Å². The number of piperidine rings is 1. The second-order valence-corrected chi connectivity index (χ2v) is 7.09. The molecule has 1 aliphatic heterocycles. The summed E-state index contributed by atoms with van der Waals surface area (Å²) in [4.78, 5) is 14.8. The van der Waals surface area contributed by atoms with E-state index in [1.807, 2.05) is 55.5 Å². The van der Waals surface area contributed by atoms with Crippen LogP contribution in [0.25, 0.3) is 0 Å². The van der Waals surface area contributed by atoms with Crippen molar-refractivity contribution in [2.75, 3.05) is 25.0 Å². The summed E-state index contributed by atoms with van der Waals surface area (Å²) >= 11 is 0. The van der Waals surface area contributed by atoms with E-state index in [0.29, 0.717) is 18.0 Å². The number of aliphatic hydroxyl groups excluding tert-OH is 1. The van der Waals surface area contributed by atoms with Crippen LogP contribution in [0.2, 0.25) is 0 Å². The lowest BCUT2D eigenvalue weighted by molar-refractivity contribution is -0.118. The summed E-state index contributed by atoms with van der Waals surface area (Å²) in [5, 5.41) is 12.2. The Labute approximate surface area is 161 Å². The molecule has 2 aromatic carbocycles. The quantitative estimate of drug-likeness (QED) is 0.776. The third kappa shape index (κ3) is 5.55. The Morgan fingerprint density at radius 1 is 1.19 bits per heavy atom. The normalized spacial score (nSPS) is 17.5. The first-order valence-electron chi connectivity index (χ1n) is 9.64. The van der Waals surface area contributed by atoms with E-state index >= 15 is 0 Å². The van der Waals surface area contributed by atoms with Gasteiger partial charge in [0.05, 0.1) is 12.2 Å².